The van der Waals surface area contributed by atoms with Crippen molar-refractivity contribution in [2.45, 2.75) is 185 Å². The van der Waals surface area contributed by atoms with Crippen molar-refractivity contribution in [2.75, 3.05) is 34.8 Å². The Morgan fingerprint density at radius 1 is 0.942 bits per heavy atom. The molecule has 0 aromatic rings. The molecule has 0 radical (unpaired) electrons. The zero-order valence-corrected chi connectivity index (χ0v) is 34.2. The summed E-state index contributed by atoms with van der Waals surface area (Å²) in [6.07, 6.45) is -8.19. The molecule has 3 aliphatic rings. The van der Waals surface area contributed by atoms with E-state index in [9.17, 15) is 30.3 Å². The van der Waals surface area contributed by atoms with Gasteiger partial charge in [0, 0.05) is 38.1 Å². The number of carbonyl (C=O) groups excluding carboxylic acids is 1. The first-order valence-electron chi connectivity index (χ1n) is 19.1. The van der Waals surface area contributed by atoms with Gasteiger partial charge in [0.1, 0.15) is 30.0 Å². The number of carbonyl (C=O) groups is 1. The van der Waals surface area contributed by atoms with E-state index in [2.05, 4.69) is 0 Å². The molecule has 0 bridgehead atoms. The summed E-state index contributed by atoms with van der Waals surface area (Å²) >= 11 is 0. The van der Waals surface area contributed by atoms with Gasteiger partial charge in [0.15, 0.2) is 12.6 Å². The number of nitrogens with zero attached hydrogens (tertiary/aromatic N) is 2. The minimum atomic E-state index is -1.80. The standard InChI is InChI=1S/C38H72N2O12/c1-15-27-38(10,46)31(42)24(6)40(13)19-20(2)17-36(8,45)33(52-35-29(41)26(39(11)12)16-21(3)48-35)22(4)30(23(5)34(44)50-27)51-28-18-37(9,47-14)32(43)25(7)49-28/h20-33,35,41-43,45-46H,15-19H2,1-14H3/t20-,21?,22+,23-,24?,25?,26+,27-,28+,29-,30+,31?,32+,33-,35+,36-,37-,38-/m1/s1. The van der Waals surface area contributed by atoms with Crippen molar-refractivity contribution in [3.63, 3.8) is 0 Å². The topological polar surface area (TPSA) is 180 Å². The number of cyclic esters (lactones) is 1. The quantitative estimate of drug-likeness (QED) is 0.238. The molecule has 0 aromatic heterocycles. The van der Waals surface area contributed by atoms with E-state index in [1.165, 1.54) is 14.0 Å². The highest BCUT2D eigenvalue weighted by atomic mass is 16.7. The SMILES string of the molecule is CC[C@H]1OC(=O)[C@H](C)[C@@H](O[C@H]2C[C@@](C)(OC)[C@@H](O)C(C)O2)[C@H](C)[C@@H](O[C@@H]2OC(C)C[C@H](N(C)C)[C@H]2O)[C@](C)(O)C[C@@H](C)CN(C)C(C)C(O)[C@]1(C)O. The second kappa shape index (κ2) is 17.8. The Bertz CT molecular complexity index is 1140. The van der Waals surface area contributed by atoms with Gasteiger partial charge >= 0.3 is 5.97 Å². The highest BCUT2D eigenvalue weighted by Crippen LogP contribution is 2.40. The van der Waals surface area contributed by atoms with Crippen LogP contribution in [-0.2, 0) is 33.2 Å². The number of aliphatic hydroxyl groups is 5. The number of ether oxygens (including phenoxy) is 6. The molecule has 3 aliphatic heterocycles. The average Bonchev–Trinajstić information content (AvgIpc) is 3.05. The van der Waals surface area contributed by atoms with Gasteiger partial charge in [-0.2, -0.15) is 0 Å². The third-order valence-electron chi connectivity index (χ3n) is 12.2. The predicted molar refractivity (Wildman–Crippen MR) is 194 cm³/mol. The van der Waals surface area contributed by atoms with E-state index >= 15 is 0 Å². The number of methoxy groups -OCH3 is 1. The predicted octanol–water partition coefficient (Wildman–Crippen LogP) is 1.90. The molecule has 0 saturated carbocycles. The molecule has 3 rings (SSSR count). The Morgan fingerprint density at radius 3 is 2.12 bits per heavy atom. The van der Waals surface area contributed by atoms with Crippen molar-refractivity contribution >= 4 is 5.97 Å². The van der Waals surface area contributed by atoms with Crippen molar-refractivity contribution in [3.8, 4) is 0 Å². The Kier molecular flexibility index (Phi) is 15.6. The molecule has 3 fully saturated rings. The Morgan fingerprint density at radius 2 is 1.56 bits per heavy atom. The van der Waals surface area contributed by atoms with Crippen LogP contribution in [0.2, 0.25) is 0 Å². The first-order chi connectivity index (χ1) is 23.9. The zero-order valence-electron chi connectivity index (χ0n) is 34.2. The largest absolute Gasteiger partial charge is 0.459 e. The minimum Gasteiger partial charge on any atom is -0.459 e. The van der Waals surface area contributed by atoms with Crippen LogP contribution in [0.1, 0.15) is 94.9 Å². The van der Waals surface area contributed by atoms with Gasteiger partial charge in [-0.05, 0) is 94.8 Å². The molecule has 0 amide bonds. The van der Waals surface area contributed by atoms with Gasteiger partial charge in [0.2, 0.25) is 0 Å². The summed E-state index contributed by atoms with van der Waals surface area (Å²) in [7, 11) is 7.12. The highest BCUT2D eigenvalue weighted by molar-refractivity contribution is 5.73. The van der Waals surface area contributed by atoms with Crippen LogP contribution in [0, 0.1) is 17.8 Å². The molecule has 14 heteroatoms. The van der Waals surface area contributed by atoms with E-state index in [1.54, 1.807) is 41.5 Å². The molecule has 5 N–H and O–H groups in total. The Labute approximate surface area is 312 Å². The van der Waals surface area contributed by atoms with Gasteiger partial charge < -0.3 is 63.8 Å². The molecule has 3 saturated heterocycles. The van der Waals surface area contributed by atoms with E-state index in [4.69, 9.17) is 28.4 Å². The summed E-state index contributed by atoms with van der Waals surface area (Å²) in [5, 5.41) is 58.1. The van der Waals surface area contributed by atoms with Gasteiger partial charge in [0.25, 0.3) is 0 Å². The summed E-state index contributed by atoms with van der Waals surface area (Å²) in [6, 6.07) is -0.808. The van der Waals surface area contributed by atoms with Crippen LogP contribution in [0.4, 0.5) is 0 Å². The first-order valence-corrected chi connectivity index (χ1v) is 19.1. The maximum absolute atomic E-state index is 14.2. The number of esters is 1. The normalized spacial score (nSPS) is 49.6. The molecular formula is C38H72N2O12. The molecule has 4 unspecified atom stereocenters. The van der Waals surface area contributed by atoms with E-state index < -0.39 is 96.0 Å². The molecule has 0 aliphatic carbocycles. The lowest BCUT2D eigenvalue weighted by atomic mass is 9.77. The highest BCUT2D eigenvalue weighted by Gasteiger charge is 2.52. The molecule has 0 aromatic carbocycles. The third-order valence-corrected chi connectivity index (χ3v) is 12.2. The number of hydrogen-bond acceptors (Lipinski definition) is 14. The molecule has 18 atom stereocenters. The summed E-state index contributed by atoms with van der Waals surface area (Å²) in [6.45, 7) is 18.0. The lowest BCUT2D eigenvalue weighted by molar-refractivity contribution is -0.318. The monoisotopic (exact) mass is 749 g/mol. The van der Waals surface area contributed by atoms with Crippen molar-refractivity contribution in [3.05, 3.63) is 0 Å². The second-order valence-corrected chi connectivity index (χ2v) is 17.2. The maximum atomic E-state index is 14.2. The average molecular weight is 749 g/mol. The van der Waals surface area contributed by atoms with Crippen molar-refractivity contribution in [2.24, 2.45) is 17.8 Å². The summed E-state index contributed by atoms with van der Waals surface area (Å²) in [5.74, 6) is -2.58. The van der Waals surface area contributed by atoms with Crippen LogP contribution in [0.3, 0.4) is 0 Å². The molecular weight excluding hydrogens is 676 g/mol. The molecule has 52 heavy (non-hydrogen) atoms. The number of likely N-dealkylation sites (N-methyl/N-ethyl adjacent to an activating group) is 2. The fourth-order valence-corrected chi connectivity index (χ4v) is 8.74. The lowest BCUT2D eigenvalue weighted by Gasteiger charge is -2.48. The molecule has 306 valence electrons. The van der Waals surface area contributed by atoms with Gasteiger partial charge in [-0.1, -0.05) is 20.8 Å². The molecule has 3 heterocycles. The van der Waals surface area contributed by atoms with Crippen LogP contribution in [-0.4, -0.2) is 166 Å². The Balaban J connectivity index is 2.17. The molecule has 14 nitrogen and oxygen atoms in total. The summed E-state index contributed by atoms with van der Waals surface area (Å²) in [5.41, 5.74) is -4.37. The van der Waals surface area contributed by atoms with Gasteiger partial charge in [-0.25, -0.2) is 0 Å². The van der Waals surface area contributed by atoms with E-state index in [0.717, 1.165) is 0 Å². The van der Waals surface area contributed by atoms with Gasteiger partial charge in [-0.15, -0.1) is 0 Å². The lowest BCUT2D eigenvalue weighted by Crippen LogP contribution is -2.60. The van der Waals surface area contributed by atoms with Gasteiger partial charge in [0.05, 0.1) is 41.5 Å². The fourth-order valence-electron chi connectivity index (χ4n) is 8.74. The fraction of sp³-hybridized carbons (Fsp3) is 0.974. The first kappa shape index (κ1) is 45.4. The minimum absolute atomic E-state index is 0.133. The van der Waals surface area contributed by atoms with E-state index in [-0.39, 0.29) is 37.3 Å². The van der Waals surface area contributed by atoms with Crippen LogP contribution >= 0.6 is 0 Å². The van der Waals surface area contributed by atoms with Crippen LogP contribution in [0.5, 0.6) is 0 Å². The van der Waals surface area contributed by atoms with E-state index in [0.29, 0.717) is 13.0 Å². The van der Waals surface area contributed by atoms with Gasteiger partial charge in [-0.3, -0.25) is 4.79 Å². The Hall–Kier alpha value is -1.01. The van der Waals surface area contributed by atoms with Crippen LogP contribution < -0.4 is 0 Å². The van der Waals surface area contributed by atoms with Crippen LogP contribution in [0.15, 0.2) is 0 Å². The summed E-state index contributed by atoms with van der Waals surface area (Å²) in [4.78, 5) is 18.0. The number of rotatable bonds is 7. The zero-order chi connectivity index (χ0) is 39.7. The smallest absolute Gasteiger partial charge is 0.311 e. The number of aliphatic hydroxyl groups excluding tert-OH is 3. The van der Waals surface area contributed by atoms with Crippen molar-refractivity contribution in [1.29, 1.82) is 0 Å². The maximum Gasteiger partial charge on any atom is 0.311 e. The second-order valence-electron chi connectivity index (χ2n) is 17.2. The summed E-state index contributed by atoms with van der Waals surface area (Å²) < 4.78 is 37.5. The number of hydrogen-bond donors (Lipinski definition) is 5. The molecule has 0 spiro atoms. The third kappa shape index (κ3) is 10.0. The van der Waals surface area contributed by atoms with Crippen LogP contribution in [0.25, 0.3) is 0 Å². The van der Waals surface area contributed by atoms with Crippen molar-refractivity contribution < 1.29 is 58.7 Å². The van der Waals surface area contributed by atoms with E-state index in [1.807, 2.05) is 51.7 Å². The van der Waals surface area contributed by atoms with Crippen molar-refractivity contribution in [1.82, 2.24) is 9.80 Å².